The van der Waals surface area contributed by atoms with Crippen LogP contribution in [-0.4, -0.2) is 56.4 Å². The molecule has 0 aliphatic rings. The van der Waals surface area contributed by atoms with Gasteiger partial charge in [-0.3, -0.25) is 0 Å². The monoisotopic (exact) mass is 231 g/mol. The Morgan fingerprint density at radius 3 is 2.31 bits per heavy atom. The van der Waals surface area contributed by atoms with Crippen LogP contribution >= 0.6 is 0 Å². The number of nitrogens with one attached hydrogen (secondary N) is 1. The predicted molar refractivity (Wildman–Crippen MR) is 69.7 cm³/mol. The third-order valence-electron chi connectivity index (χ3n) is 2.95. The summed E-state index contributed by atoms with van der Waals surface area (Å²) >= 11 is 0. The van der Waals surface area contributed by atoms with Crippen LogP contribution in [0.1, 0.15) is 27.7 Å². The molecule has 0 saturated carbocycles. The summed E-state index contributed by atoms with van der Waals surface area (Å²) in [6.07, 6.45) is 0. The van der Waals surface area contributed by atoms with Crippen molar-refractivity contribution in [3.05, 3.63) is 0 Å². The van der Waals surface area contributed by atoms with Crippen molar-refractivity contribution in [1.82, 2.24) is 10.2 Å². The maximum absolute atomic E-state index is 5.77. The lowest BCUT2D eigenvalue weighted by Crippen LogP contribution is -2.54. The topological polar surface area (TPSA) is 50.5 Å². The first-order valence-corrected chi connectivity index (χ1v) is 6.37. The summed E-state index contributed by atoms with van der Waals surface area (Å²) in [4.78, 5) is 2.39. The molecule has 1 unspecified atom stereocenters. The third-order valence-corrected chi connectivity index (χ3v) is 2.95. The summed E-state index contributed by atoms with van der Waals surface area (Å²) in [5, 5.41) is 3.49. The van der Waals surface area contributed by atoms with E-state index in [-0.39, 0.29) is 5.54 Å². The Morgan fingerprint density at radius 1 is 1.25 bits per heavy atom. The number of ether oxygens (including phenoxy) is 1. The Hall–Kier alpha value is -0.160. The van der Waals surface area contributed by atoms with Gasteiger partial charge in [0.05, 0.1) is 12.1 Å². The van der Waals surface area contributed by atoms with Gasteiger partial charge in [-0.15, -0.1) is 0 Å². The van der Waals surface area contributed by atoms with E-state index >= 15 is 0 Å². The average Bonchev–Trinajstić information content (AvgIpc) is 2.32. The van der Waals surface area contributed by atoms with Gasteiger partial charge in [-0.05, 0) is 26.9 Å². The summed E-state index contributed by atoms with van der Waals surface area (Å²) in [7, 11) is 0. The highest BCUT2D eigenvalue weighted by Gasteiger charge is 2.21. The van der Waals surface area contributed by atoms with Gasteiger partial charge in [0.25, 0.3) is 0 Å². The molecule has 0 saturated heterocycles. The maximum Gasteiger partial charge on any atom is 0.0657 e. The molecule has 1 atom stereocenters. The van der Waals surface area contributed by atoms with E-state index in [0.29, 0.717) is 13.2 Å². The molecular weight excluding hydrogens is 202 g/mol. The molecule has 0 aliphatic carbocycles. The van der Waals surface area contributed by atoms with Crippen LogP contribution < -0.4 is 11.1 Å². The quantitative estimate of drug-likeness (QED) is 0.580. The molecule has 0 spiro atoms. The first-order valence-electron chi connectivity index (χ1n) is 6.37. The number of nitrogens with two attached hydrogens (primary N) is 1. The van der Waals surface area contributed by atoms with E-state index in [1.54, 1.807) is 0 Å². The third kappa shape index (κ3) is 6.43. The first kappa shape index (κ1) is 15.8. The van der Waals surface area contributed by atoms with Crippen molar-refractivity contribution in [2.45, 2.75) is 33.2 Å². The summed E-state index contributed by atoms with van der Waals surface area (Å²) in [5.74, 6) is 0. The number of hydrogen-bond donors (Lipinski definition) is 2. The Kier molecular flexibility index (Phi) is 8.84. The standard InChI is InChI=1S/C12H29N3O/c1-5-15(6-2)9-8-14-12(4,10-13)11-16-7-3/h14H,5-11,13H2,1-4H3. The lowest BCUT2D eigenvalue weighted by Gasteiger charge is -2.30. The lowest BCUT2D eigenvalue weighted by atomic mass is 10.0. The highest BCUT2D eigenvalue weighted by molar-refractivity contribution is 4.84. The highest BCUT2D eigenvalue weighted by Crippen LogP contribution is 2.01. The highest BCUT2D eigenvalue weighted by atomic mass is 16.5. The Labute approximate surface area is 101 Å². The van der Waals surface area contributed by atoms with Gasteiger partial charge in [0.15, 0.2) is 0 Å². The Bertz CT molecular complexity index is 162. The van der Waals surface area contributed by atoms with Gasteiger partial charge < -0.3 is 20.7 Å². The van der Waals surface area contributed by atoms with Gasteiger partial charge in [0.2, 0.25) is 0 Å². The predicted octanol–water partition coefficient (Wildman–Crippen LogP) is 0.672. The van der Waals surface area contributed by atoms with Gasteiger partial charge in [-0.2, -0.15) is 0 Å². The molecule has 98 valence electrons. The zero-order chi connectivity index (χ0) is 12.4. The molecule has 16 heavy (non-hydrogen) atoms. The van der Waals surface area contributed by atoms with Crippen LogP contribution in [0.5, 0.6) is 0 Å². The van der Waals surface area contributed by atoms with Gasteiger partial charge in [0, 0.05) is 26.2 Å². The smallest absolute Gasteiger partial charge is 0.0657 e. The zero-order valence-corrected chi connectivity index (χ0v) is 11.4. The molecule has 0 radical (unpaired) electrons. The van der Waals surface area contributed by atoms with Crippen LogP contribution in [0.25, 0.3) is 0 Å². The summed E-state index contributed by atoms with van der Waals surface area (Å²) in [6.45, 7) is 14.7. The molecule has 4 nitrogen and oxygen atoms in total. The minimum absolute atomic E-state index is 0.0941. The fraction of sp³-hybridized carbons (Fsp3) is 1.00. The minimum Gasteiger partial charge on any atom is -0.380 e. The second-order valence-electron chi connectivity index (χ2n) is 4.36. The van der Waals surface area contributed by atoms with Crippen molar-refractivity contribution >= 4 is 0 Å². The van der Waals surface area contributed by atoms with Crippen molar-refractivity contribution in [1.29, 1.82) is 0 Å². The molecule has 0 fully saturated rings. The Morgan fingerprint density at radius 2 is 1.88 bits per heavy atom. The van der Waals surface area contributed by atoms with Gasteiger partial charge in [-0.1, -0.05) is 13.8 Å². The van der Waals surface area contributed by atoms with Crippen LogP contribution in [0.15, 0.2) is 0 Å². The fourth-order valence-electron chi connectivity index (χ4n) is 1.57. The largest absolute Gasteiger partial charge is 0.380 e. The van der Waals surface area contributed by atoms with Crippen LogP contribution in [-0.2, 0) is 4.74 Å². The van der Waals surface area contributed by atoms with E-state index in [1.165, 1.54) is 0 Å². The van der Waals surface area contributed by atoms with E-state index in [0.717, 1.165) is 32.8 Å². The SMILES string of the molecule is CCOCC(C)(CN)NCCN(CC)CC. The second-order valence-corrected chi connectivity index (χ2v) is 4.36. The summed E-state index contributed by atoms with van der Waals surface area (Å²) < 4.78 is 5.44. The molecule has 0 aliphatic heterocycles. The van der Waals surface area contributed by atoms with Gasteiger partial charge >= 0.3 is 0 Å². The van der Waals surface area contributed by atoms with E-state index in [1.807, 2.05) is 6.92 Å². The summed E-state index contributed by atoms with van der Waals surface area (Å²) in [6, 6.07) is 0. The molecular formula is C12H29N3O. The molecule has 0 aromatic carbocycles. The summed E-state index contributed by atoms with van der Waals surface area (Å²) in [5.41, 5.74) is 5.68. The van der Waals surface area contributed by atoms with E-state index < -0.39 is 0 Å². The molecule has 3 N–H and O–H groups in total. The molecule has 0 aromatic heterocycles. The number of likely N-dealkylation sites (N-methyl/N-ethyl adjacent to an activating group) is 1. The van der Waals surface area contributed by atoms with E-state index in [9.17, 15) is 0 Å². The fourth-order valence-corrected chi connectivity index (χ4v) is 1.57. The lowest BCUT2D eigenvalue weighted by molar-refractivity contribution is 0.0861. The van der Waals surface area contributed by atoms with Crippen LogP contribution in [0, 0.1) is 0 Å². The molecule has 0 aromatic rings. The van der Waals surface area contributed by atoms with Crippen LogP contribution in [0.3, 0.4) is 0 Å². The molecule has 0 amide bonds. The molecule has 0 heterocycles. The van der Waals surface area contributed by atoms with Crippen molar-refractivity contribution in [3.8, 4) is 0 Å². The van der Waals surface area contributed by atoms with Crippen LogP contribution in [0.4, 0.5) is 0 Å². The van der Waals surface area contributed by atoms with Crippen molar-refractivity contribution in [2.24, 2.45) is 5.73 Å². The minimum atomic E-state index is -0.0941. The number of hydrogen-bond acceptors (Lipinski definition) is 4. The average molecular weight is 231 g/mol. The molecule has 4 heteroatoms. The molecule has 0 rings (SSSR count). The Balaban J connectivity index is 3.84. The van der Waals surface area contributed by atoms with E-state index in [4.69, 9.17) is 10.5 Å². The van der Waals surface area contributed by atoms with Crippen molar-refractivity contribution in [3.63, 3.8) is 0 Å². The van der Waals surface area contributed by atoms with E-state index in [2.05, 4.69) is 31.0 Å². The first-order chi connectivity index (χ1) is 7.61. The number of rotatable bonds is 10. The van der Waals surface area contributed by atoms with Crippen molar-refractivity contribution in [2.75, 3.05) is 45.9 Å². The number of nitrogens with zero attached hydrogens (tertiary/aromatic N) is 1. The normalized spacial score (nSPS) is 15.4. The zero-order valence-electron chi connectivity index (χ0n) is 11.4. The van der Waals surface area contributed by atoms with Gasteiger partial charge in [0.1, 0.15) is 0 Å². The maximum atomic E-state index is 5.77. The van der Waals surface area contributed by atoms with Crippen LogP contribution in [0.2, 0.25) is 0 Å². The van der Waals surface area contributed by atoms with Crippen molar-refractivity contribution < 1.29 is 4.74 Å². The van der Waals surface area contributed by atoms with Gasteiger partial charge in [-0.25, -0.2) is 0 Å². The molecule has 0 bridgehead atoms. The second kappa shape index (κ2) is 8.93.